The summed E-state index contributed by atoms with van der Waals surface area (Å²) in [5, 5.41) is 9.81. The van der Waals surface area contributed by atoms with Crippen LogP contribution in [-0.4, -0.2) is 71.7 Å². The highest BCUT2D eigenvalue weighted by Gasteiger charge is 2.38. The summed E-state index contributed by atoms with van der Waals surface area (Å²) in [6, 6.07) is 2.56. The molecule has 2 heterocycles. The Morgan fingerprint density at radius 1 is 1.23 bits per heavy atom. The van der Waals surface area contributed by atoms with E-state index in [0.717, 1.165) is 25.7 Å². The number of piperazine rings is 1. The predicted molar refractivity (Wildman–Crippen MR) is 93.3 cm³/mol. The molecule has 0 aromatic carbocycles. The SMILES string of the molecule is COc1ccc([C@@H](C(=O)O)N2CCN(C3CCCC3)C(=O)C2)c(OC)n1. The van der Waals surface area contributed by atoms with Crippen LogP contribution in [0.4, 0.5) is 0 Å². The minimum absolute atomic E-state index is 0.00478. The zero-order chi connectivity index (χ0) is 18.7. The Bertz CT molecular complexity index is 675. The molecule has 1 aromatic rings. The number of pyridine rings is 1. The van der Waals surface area contributed by atoms with Gasteiger partial charge in [-0.1, -0.05) is 12.8 Å². The summed E-state index contributed by atoms with van der Waals surface area (Å²) in [5.74, 6) is -0.494. The third kappa shape index (κ3) is 3.60. The molecule has 1 saturated heterocycles. The summed E-state index contributed by atoms with van der Waals surface area (Å²) in [7, 11) is 2.92. The van der Waals surface area contributed by atoms with Crippen molar-refractivity contribution in [3.05, 3.63) is 17.7 Å². The lowest BCUT2D eigenvalue weighted by atomic mass is 10.0. The second-order valence-corrected chi connectivity index (χ2v) is 6.69. The number of nitrogens with zero attached hydrogens (tertiary/aromatic N) is 3. The van der Waals surface area contributed by atoms with Gasteiger partial charge in [0.1, 0.15) is 6.04 Å². The number of carboxylic acids is 1. The third-order valence-electron chi connectivity index (χ3n) is 5.21. The molecule has 0 bridgehead atoms. The first-order chi connectivity index (χ1) is 12.5. The smallest absolute Gasteiger partial charge is 0.325 e. The summed E-state index contributed by atoms with van der Waals surface area (Å²) < 4.78 is 10.3. The van der Waals surface area contributed by atoms with Crippen molar-refractivity contribution in [1.29, 1.82) is 0 Å². The molecule has 2 fully saturated rings. The molecule has 0 unspecified atom stereocenters. The van der Waals surface area contributed by atoms with Gasteiger partial charge in [0.25, 0.3) is 0 Å². The number of rotatable bonds is 6. The maximum atomic E-state index is 12.6. The lowest BCUT2D eigenvalue weighted by Crippen LogP contribution is -2.55. The minimum Gasteiger partial charge on any atom is -0.481 e. The molecule has 142 valence electrons. The third-order valence-corrected chi connectivity index (χ3v) is 5.21. The maximum Gasteiger partial charge on any atom is 0.325 e. The molecule has 1 amide bonds. The number of carboxylic acid groups (broad SMARTS) is 1. The molecule has 1 aliphatic heterocycles. The zero-order valence-corrected chi connectivity index (χ0v) is 15.2. The van der Waals surface area contributed by atoms with Gasteiger partial charge in [0.05, 0.1) is 20.8 Å². The van der Waals surface area contributed by atoms with Crippen LogP contribution in [0, 0.1) is 0 Å². The fourth-order valence-electron chi connectivity index (χ4n) is 3.93. The first-order valence-electron chi connectivity index (χ1n) is 8.90. The van der Waals surface area contributed by atoms with Crippen molar-refractivity contribution in [2.24, 2.45) is 0 Å². The Morgan fingerprint density at radius 2 is 1.96 bits per heavy atom. The number of aliphatic carboxylic acids is 1. The highest BCUT2D eigenvalue weighted by Crippen LogP contribution is 2.32. The number of amides is 1. The molecule has 8 nitrogen and oxygen atoms in total. The molecule has 0 spiro atoms. The van der Waals surface area contributed by atoms with Crippen molar-refractivity contribution >= 4 is 11.9 Å². The van der Waals surface area contributed by atoms with Crippen molar-refractivity contribution in [2.45, 2.75) is 37.8 Å². The van der Waals surface area contributed by atoms with Crippen molar-refractivity contribution in [2.75, 3.05) is 33.9 Å². The van der Waals surface area contributed by atoms with Gasteiger partial charge in [-0.3, -0.25) is 14.5 Å². The van der Waals surface area contributed by atoms with Gasteiger partial charge in [-0.2, -0.15) is 4.98 Å². The molecule has 2 aliphatic rings. The fraction of sp³-hybridized carbons (Fsp3) is 0.611. The van der Waals surface area contributed by atoms with E-state index in [-0.39, 0.29) is 18.3 Å². The molecule has 1 atom stereocenters. The first-order valence-corrected chi connectivity index (χ1v) is 8.90. The normalized spacial score (nSPS) is 20.2. The number of carbonyl (C=O) groups is 2. The van der Waals surface area contributed by atoms with E-state index in [1.54, 1.807) is 17.0 Å². The van der Waals surface area contributed by atoms with Gasteiger partial charge in [-0.25, -0.2) is 0 Å². The van der Waals surface area contributed by atoms with Crippen LogP contribution in [0.1, 0.15) is 37.3 Å². The monoisotopic (exact) mass is 363 g/mol. The maximum absolute atomic E-state index is 12.6. The van der Waals surface area contributed by atoms with Crippen LogP contribution in [0.5, 0.6) is 11.8 Å². The molecule has 1 aromatic heterocycles. The van der Waals surface area contributed by atoms with Crippen molar-refractivity contribution in [3.8, 4) is 11.8 Å². The molecule has 1 aliphatic carbocycles. The lowest BCUT2D eigenvalue weighted by Gasteiger charge is -2.40. The van der Waals surface area contributed by atoms with E-state index in [9.17, 15) is 14.7 Å². The molecule has 8 heteroatoms. The van der Waals surface area contributed by atoms with E-state index in [1.807, 2.05) is 4.90 Å². The first kappa shape index (κ1) is 18.4. The predicted octanol–water partition coefficient (Wildman–Crippen LogP) is 1.31. The number of hydrogen-bond acceptors (Lipinski definition) is 6. The number of methoxy groups -OCH3 is 2. The molecular formula is C18H25N3O5. The zero-order valence-electron chi connectivity index (χ0n) is 15.2. The van der Waals surface area contributed by atoms with Crippen LogP contribution < -0.4 is 9.47 Å². The van der Waals surface area contributed by atoms with E-state index >= 15 is 0 Å². The van der Waals surface area contributed by atoms with Crippen LogP contribution in [0.15, 0.2) is 12.1 Å². The Morgan fingerprint density at radius 3 is 2.54 bits per heavy atom. The van der Waals surface area contributed by atoms with E-state index < -0.39 is 12.0 Å². The van der Waals surface area contributed by atoms with Crippen molar-refractivity contribution in [1.82, 2.24) is 14.8 Å². The topological polar surface area (TPSA) is 92.2 Å². The summed E-state index contributed by atoms with van der Waals surface area (Å²) >= 11 is 0. The molecular weight excluding hydrogens is 338 g/mol. The molecule has 26 heavy (non-hydrogen) atoms. The van der Waals surface area contributed by atoms with Crippen LogP contribution >= 0.6 is 0 Å². The van der Waals surface area contributed by atoms with Gasteiger partial charge in [-0.05, 0) is 18.9 Å². The number of aromatic nitrogens is 1. The number of hydrogen-bond donors (Lipinski definition) is 1. The number of ether oxygens (including phenoxy) is 2. The highest BCUT2D eigenvalue weighted by atomic mass is 16.5. The van der Waals surface area contributed by atoms with E-state index in [2.05, 4.69) is 4.98 Å². The average Bonchev–Trinajstić information content (AvgIpc) is 3.16. The quantitative estimate of drug-likeness (QED) is 0.815. The Balaban J connectivity index is 1.81. The summed E-state index contributed by atoms with van der Waals surface area (Å²) in [5.41, 5.74) is 0.419. The molecule has 1 saturated carbocycles. The Labute approximate surface area is 152 Å². The van der Waals surface area contributed by atoms with Gasteiger partial charge >= 0.3 is 5.97 Å². The largest absolute Gasteiger partial charge is 0.481 e. The van der Waals surface area contributed by atoms with Gasteiger partial charge in [0.15, 0.2) is 0 Å². The van der Waals surface area contributed by atoms with E-state index in [0.29, 0.717) is 30.6 Å². The van der Waals surface area contributed by atoms with Crippen molar-refractivity contribution < 1.29 is 24.2 Å². The second-order valence-electron chi connectivity index (χ2n) is 6.69. The van der Waals surface area contributed by atoms with Crippen molar-refractivity contribution in [3.63, 3.8) is 0 Å². The highest BCUT2D eigenvalue weighted by molar-refractivity contribution is 5.82. The number of carbonyl (C=O) groups excluding carboxylic acids is 1. The van der Waals surface area contributed by atoms with Gasteiger partial charge in [-0.15, -0.1) is 0 Å². The lowest BCUT2D eigenvalue weighted by molar-refractivity contribution is -0.149. The average molecular weight is 363 g/mol. The van der Waals surface area contributed by atoms with Crippen LogP contribution in [0.3, 0.4) is 0 Å². The summed E-state index contributed by atoms with van der Waals surface area (Å²) in [6.45, 7) is 1.15. The van der Waals surface area contributed by atoms with Crippen LogP contribution in [0.2, 0.25) is 0 Å². The molecule has 0 radical (unpaired) electrons. The van der Waals surface area contributed by atoms with Crippen LogP contribution in [0.25, 0.3) is 0 Å². The van der Waals surface area contributed by atoms with E-state index in [1.165, 1.54) is 14.2 Å². The van der Waals surface area contributed by atoms with Gasteiger partial charge in [0.2, 0.25) is 17.7 Å². The van der Waals surface area contributed by atoms with Crippen LogP contribution in [-0.2, 0) is 9.59 Å². The summed E-state index contributed by atoms with van der Waals surface area (Å²) in [4.78, 5) is 32.4. The van der Waals surface area contributed by atoms with Gasteiger partial charge in [0, 0.05) is 30.8 Å². The summed E-state index contributed by atoms with van der Waals surface area (Å²) in [6.07, 6.45) is 4.41. The van der Waals surface area contributed by atoms with E-state index in [4.69, 9.17) is 9.47 Å². The molecule has 3 rings (SSSR count). The Kier molecular flexibility index (Phi) is 5.61. The Hall–Kier alpha value is -2.35. The fourth-order valence-corrected chi connectivity index (χ4v) is 3.93. The van der Waals surface area contributed by atoms with Gasteiger partial charge < -0.3 is 19.5 Å². The second kappa shape index (κ2) is 7.90. The molecule has 1 N–H and O–H groups in total. The standard InChI is InChI=1S/C18H25N3O5/c1-25-14-8-7-13(17(19-14)26-2)16(18(23)24)20-9-10-21(15(22)11-20)12-5-3-4-6-12/h7-8,12,16H,3-6,9-11H2,1-2H3,(H,23,24)/t16-/m0/s1. The minimum atomic E-state index is -1.03.